The van der Waals surface area contributed by atoms with E-state index < -0.39 is 0 Å². The van der Waals surface area contributed by atoms with Crippen LogP contribution >= 0.6 is 0 Å². The highest BCUT2D eigenvalue weighted by Crippen LogP contribution is 2.12. The molecule has 1 aliphatic rings. The summed E-state index contributed by atoms with van der Waals surface area (Å²) in [5.74, 6) is 0.491. The molecule has 1 fully saturated rings. The topological polar surface area (TPSA) is 76.8 Å². The van der Waals surface area contributed by atoms with E-state index in [4.69, 9.17) is 14.0 Å². The van der Waals surface area contributed by atoms with E-state index in [9.17, 15) is 4.79 Å². The second-order valence-electron chi connectivity index (χ2n) is 4.66. The fourth-order valence-corrected chi connectivity index (χ4v) is 2.26. The summed E-state index contributed by atoms with van der Waals surface area (Å²) in [5, 5.41) is 7.21. The Labute approximate surface area is 118 Å². The van der Waals surface area contributed by atoms with E-state index in [1.54, 1.807) is 7.11 Å². The molecule has 0 aliphatic carbocycles. The number of carbonyl (C=O) groups excluding carboxylic acids is 1. The van der Waals surface area contributed by atoms with Crippen molar-refractivity contribution in [2.45, 2.75) is 26.1 Å². The van der Waals surface area contributed by atoms with Crippen LogP contribution in [0, 0.1) is 0 Å². The van der Waals surface area contributed by atoms with Crippen LogP contribution < -0.4 is 5.32 Å². The van der Waals surface area contributed by atoms with Crippen molar-refractivity contribution in [1.29, 1.82) is 0 Å². The molecule has 0 saturated carbocycles. The third kappa shape index (κ3) is 3.78. The minimum absolute atomic E-state index is 0.194. The molecule has 1 unspecified atom stereocenters. The van der Waals surface area contributed by atoms with Gasteiger partial charge in [-0.05, 0) is 6.92 Å². The molecule has 20 heavy (non-hydrogen) atoms. The van der Waals surface area contributed by atoms with Crippen molar-refractivity contribution in [2.24, 2.45) is 0 Å². The van der Waals surface area contributed by atoms with Gasteiger partial charge in [-0.1, -0.05) is 5.16 Å². The minimum Gasteiger partial charge on any atom is -0.465 e. The largest absolute Gasteiger partial charge is 0.465 e. The molecule has 7 nitrogen and oxygen atoms in total. The first-order valence-corrected chi connectivity index (χ1v) is 6.79. The number of ether oxygens (including phenoxy) is 2. The van der Waals surface area contributed by atoms with Gasteiger partial charge in [0.2, 0.25) is 0 Å². The minimum atomic E-state index is -0.272. The molecule has 1 aromatic rings. The molecule has 1 aliphatic heterocycles. The summed E-state index contributed by atoms with van der Waals surface area (Å²) >= 11 is 0. The van der Waals surface area contributed by atoms with Gasteiger partial charge in [-0.25, -0.2) is 0 Å². The second-order valence-corrected chi connectivity index (χ2v) is 4.66. The SMILES string of the molecule is CCOC(=O)C1CNCCN1Cc1cc(COC)on1. The van der Waals surface area contributed by atoms with E-state index in [0.717, 1.165) is 18.8 Å². The Morgan fingerprint density at radius 2 is 2.50 bits per heavy atom. The van der Waals surface area contributed by atoms with Crippen LogP contribution in [0.25, 0.3) is 0 Å². The van der Waals surface area contributed by atoms with Crippen LogP contribution in [-0.4, -0.2) is 55.4 Å². The van der Waals surface area contributed by atoms with Gasteiger partial charge in [0.1, 0.15) is 12.6 Å². The predicted molar refractivity (Wildman–Crippen MR) is 70.9 cm³/mol. The number of piperazine rings is 1. The van der Waals surface area contributed by atoms with Crippen LogP contribution in [-0.2, 0) is 27.4 Å². The van der Waals surface area contributed by atoms with Crippen molar-refractivity contribution < 1.29 is 18.8 Å². The first kappa shape index (κ1) is 15.0. The number of nitrogens with zero attached hydrogens (tertiary/aromatic N) is 2. The van der Waals surface area contributed by atoms with Gasteiger partial charge in [0, 0.05) is 39.4 Å². The summed E-state index contributed by atoms with van der Waals surface area (Å²) in [6.45, 7) is 5.39. The highest BCUT2D eigenvalue weighted by atomic mass is 16.5. The van der Waals surface area contributed by atoms with E-state index in [-0.39, 0.29) is 12.0 Å². The lowest BCUT2D eigenvalue weighted by molar-refractivity contribution is -0.150. The van der Waals surface area contributed by atoms with Crippen LogP contribution in [0.5, 0.6) is 0 Å². The molecule has 0 spiro atoms. The lowest BCUT2D eigenvalue weighted by Gasteiger charge is -2.33. The summed E-state index contributed by atoms with van der Waals surface area (Å²) in [4.78, 5) is 14.0. The number of methoxy groups -OCH3 is 1. The van der Waals surface area contributed by atoms with Crippen LogP contribution in [0.15, 0.2) is 10.6 Å². The number of hydrogen-bond donors (Lipinski definition) is 1. The fraction of sp³-hybridized carbons (Fsp3) is 0.692. The molecule has 0 bridgehead atoms. The number of aromatic nitrogens is 1. The first-order valence-electron chi connectivity index (χ1n) is 6.79. The Kier molecular flexibility index (Phi) is 5.51. The standard InChI is InChI=1S/C13H21N3O4/c1-3-19-13(17)12-7-14-4-5-16(12)8-10-6-11(9-18-2)20-15-10/h6,12,14H,3-5,7-9H2,1-2H3. The number of nitrogens with one attached hydrogen (secondary N) is 1. The van der Waals surface area contributed by atoms with E-state index >= 15 is 0 Å². The number of carbonyl (C=O) groups is 1. The van der Waals surface area contributed by atoms with Crippen LogP contribution in [0.4, 0.5) is 0 Å². The molecule has 0 amide bonds. The van der Waals surface area contributed by atoms with Gasteiger partial charge in [-0.15, -0.1) is 0 Å². The van der Waals surface area contributed by atoms with Crippen LogP contribution in [0.1, 0.15) is 18.4 Å². The van der Waals surface area contributed by atoms with Crippen LogP contribution in [0.2, 0.25) is 0 Å². The maximum atomic E-state index is 11.9. The molecule has 1 atom stereocenters. The van der Waals surface area contributed by atoms with Crippen LogP contribution in [0.3, 0.4) is 0 Å². The average molecular weight is 283 g/mol. The number of hydrogen-bond acceptors (Lipinski definition) is 7. The zero-order valence-corrected chi connectivity index (χ0v) is 11.9. The zero-order chi connectivity index (χ0) is 14.4. The van der Waals surface area contributed by atoms with Crippen molar-refractivity contribution in [1.82, 2.24) is 15.4 Å². The molecule has 1 saturated heterocycles. The lowest BCUT2D eigenvalue weighted by atomic mass is 10.2. The third-order valence-corrected chi connectivity index (χ3v) is 3.17. The molecule has 0 aromatic carbocycles. The Balaban J connectivity index is 1.98. The Morgan fingerprint density at radius 1 is 1.65 bits per heavy atom. The molecule has 112 valence electrons. The van der Waals surface area contributed by atoms with Crippen molar-refractivity contribution in [2.75, 3.05) is 33.4 Å². The second kappa shape index (κ2) is 7.37. The first-order chi connectivity index (χ1) is 9.74. The molecule has 1 aromatic heterocycles. The van der Waals surface area contributed by atoms with Gasteiger partial charge in [0.05, 0.1) is 12.3 Å². The highest BCUT2D eigenvalue weighted by molar-refractivity contribution is 5.76. The average Bonchev–Trinajstić information content (AvgIpc) is 2.87. The smallest absolute Gasteiger partial charge is 0.324 e. The van der Waals surface area contributed by atoms with E-state index in [0.29, 0.717) is 32.1 Å². The normalized spacial score (nSPS) is 20.0. The van der Waals surface area contributed by atoms with Crippen molar-refractivity contribution >= 4 is 5.97 Å². The molecule has 0 radical (unpaired) electrons. The summed E-state index contributed by atoms with van der Waals surface area (Å²) in [6, 6.07) is 1.58. The summed E-state index contributed by atoms with van der Waals surface area (Å²) in [5.41, 5.74) is 0.799. The number of esters is 1. The van der Waals surface area contributed by atoms with Gasteiger partial charge < -0.3 is 19.3 Å². The quantitative estimate of drug-likeness (QED) is 0.745. The van der Waals surface area contributed by atoms with E-state index in [1.807, 2.05) is 13.0 Å². The zero-order valence-electron chi connectivity index (χ0n) is 11.9. The third-order valence-electron chi connectivity index (χ3n) is 3.17. The van der Waals surface area contributed by atoms with Crippen molar-refractivity contribution in [3.8, 4) is 0 Å². The molecular weight excluding hydrogens is 262 g/mol. The van der Waals surface area contributed by atoms with E-state index in [2.05, 4.69) is 15.4 Å². The molecule has 2 rings (SSSR count). The highest BCUT2D eigenvalue weighted by Gasteiger charge is 2.30. The molecule has 2 heterocycles. The monoisotopic (exact) mass is 283 g/mol. The van der Waals surface area contributed by atoms with Crippen molar-refractivity contribution in [3.63, 3.8) is 0 Å². The Hall–Kier alpha value is -1.44. The fourth-order valence-electron chi connectivity index (χ4n) is 2.26. The van der Waals surface area contributed by atoms with Gasteiger partial charge in [0.15, 0.2) is 5.76 Å². The summed E-state index contributed by atoms with van der Waals surface area (Å²) < 4.78 is 15.3. The Morgan fingerprint density at radius 3 is 3.25 bits per heavy atom. The number of rotatable bonds is 6. The maximum absolute atomic E-state index is 11.9. The maximum Gasteiger partial charge on any atom is 0.324 e. The van der Waals surface area contributed by atoms with Gasteiger partial charge in [-0.2, -0.15) is 0 Å². The van der Waals surface area contributed by atoms with Crippen molar-refractivity contribution in [3.05, 3.63) is 17.5 Å². The predicted octanol–water partition coefficient (Wildman–Crippen LogP) is 0.158. The van der Waals surface area contributed by atoms with Gasteiger partial charge in [0.25, 0.3) is 0 Å². The van der Waals surface area contributed by atoms with Gasteiger partial charge >= 0.3 is 5.97 Å². The van der Waals surface area contributed by atoms with E-state index in [1.165, 1.54) is 0 Å². The molecular formula is C13H21N3O4. The van der Waals surface area contributed by atoms with Gasteiger partial charge in [-0.3, -0.25) is 9.69 Å². The Bertz CT molecular complexity index is 435. The summed E-state index contributed by atoms with van der Waals surface area (Å²) in [7, 11) is 1.61. The molecule has 1 N–H and O–H groups in total. The molecule has 7 heteroatoms. The lowest BCUT2D eigenvalue weighted by Crippen LogP contribution is -2.54. The summed E-state index contributed by atoms with van der Waals surface area (Å²) in [6.07, 6.45) is 0.